The molecule has 4 aliphatic rings. The van der Waals surface area contributed by atoms with Gasteiger partial charge in [0.05, 0.1) is 51.5 Å². The molecule has 2 aliphatic carbocycles. The molecule has 2 saturated heterocycles. The summed E-state index contributed by atoms with van der Waals surface area (Å²) >= 11 is 0. The van der Waals surface area contributed by atoms with Crippen LogP contribution in [-0.2, 0) is 29.6 Å². The van der Waals surface area contributed by atoms with Gasteiger partial charge in [-0.05, 0) is 44.9 Å². The van der Waals surface area contributed by atoms with Crippen LogP contribution in [0.3, 0.4) is 0 Å². The first-order valence-corrected chi connectivity index (χ1v) is 13.3. The molecule has 34 heavy (non-hydrogen) atoms. The molecule has 12 heteroatoms. The lowest BCUT2D eigenvalue weighted by molar-refractivity contribution is -0.0104. The normalized spacial score (nSPS) is 35.5. The average Bonchev–Trinajstić information content (AvgIpc) is 3.41. The fourth-order valence-corrected chi connectivity index (χ4v) is 7.21. The van der Waals surface area contributed by atoms with Crippen molar-refractivity contribution < 1.29 is 31.8 Å². The summed E-state index contributed by atoms with van der Waals surface area (Å²) in [6.07, 6.45) is 5.86. The summed E-state index contributed by atoms with van der Waals surface area (Å²) in [4.78, 5) is 22.5. The Morgan fingerprint density at radius 2 is 2.06 bits per heavy atom. The molecule has 2 saturated carbocycles. The standard InChI is InChI=1S/C22H31FN4O6S/c1-13-5-18(26-34(29,30)17-10-32-11-17)19(27(13)21(28)31-2)12-33-16-3-4-22(7-14(22)6-16)20-24-8-15(23)9-25-20/h8-9,13-14,16-19,26H,3-7,10-12H2,1-2H3/t13-,14+,16-,18+,19+,22+/m0/s1. The zero-order chi connectivity index (χ0) is 24.1. The van der Waals surface area contributed by atoms with Crippen molar-refractivity contribution in [2.45, 2.75) is 73.9 Å². The number of hydrogen-bond donors (Lipinski definition) is 1. The summed E-state index contributed by atoms with van der Waals surface area (Å²) in [6.45, 7) is 2.46. The van der Waals surface area contributed by atoms with Crippen LogP contribution in [0.2, 0.25) is 0 Å². The molecule has 2 aliphatic heterocycles. The van der Waals surface area contributed by atoms with E-state index in [2.05, 4.69) is 14.7 Å². The van der Waals surface area contributed by atoms with E-state index in [1.54, 1.807) is 4.90 Å². The van der Waals surface area contributed by atoms with Crippen molar-refractivity contribution in [3.8, 4) is 0 Å². The van der Waals surface area contributed by atoms with Crippen molar-refractivity contribution in [2.24, 2.45) is 5.92 Å². The van der Waals surface area contributed by atoms with Gasteiger partial charge in [-0.2, -0.15) is 0 Å². The highest BCUT2D eigenvalue weighted by Crippen LogP contribution is 2.61. The first-order chi connectivity index (χ1) is 16.2. The molecule has 1 N–H and O–H groups in total. The molecular formula is C22H31FN4O6S. The van der Waals surface area contributed by atoms with Gasteiger partial charge in [-0.3, -0.25) is 4.90 Å². The Balaban J connectivity index is 1.23. The maximum absolute atomic E-state index is 13.2. The summed E-state index contributed by atoms with van der Waals surface area (Å²) in [6, 6.07) is -1.12. The molecule has 3 heterocycles. The number of hydrogen-bond acceptors (Lipinski definition) is 8. The van der Waals surface area contributed by atoms with Gasteiger partial charge in [0.25, 0.3) is 0 Å². The van der Waals surface area contributed by atoms with Crippen molar-refractivity contribution in [2.75, 3.05) is 26.9 Å². The number of halogens is 1. The van der Waals surface area contributed by atoms with Gasteiger partial charge in [-0.1, -0.05) is 0 Å². The van der Waals surface area contributed by atoms with Crippen LogP contribution in [-0.4, -0.2) is 85.8 Å². The van der Waals surface area contributed by atoms with Crippen LogP contribution < -0.4 is 4.72 Å². The summed E-state index contributed by atoms with van der Waals surface area (Å²) < 4.78 is 57.7. The minimum absolute atomic E-state index is 0.00577. The largest absolute Gasteiger partial charge is 0.453 e. The van der Waals surface area contributed by atoms with Gasteiger partial charge in [-0.15, -0.1) is 0 Å². The van der Waals surface area contributed by atoms with Crippen LogP contribution in [0.4, 0.5) is 9.18 Å². The molecule has 1 amide bonds. The Morgan fingerprint density at radius 1 is 1.32 bits per heavy atom. The fraction of sp³-hybridized carbons (Fsp3) is 0.773. The first kappa shape index (κ1) is 23.8. The molecule has 1 aromatic rings. The number of carbonyl (C=O) groups is 1. The van der Waals surface area contributed by atoms with Crippen molar-refractivity contribution in [1.29, 1.82) is 0 Å². The Bertz CT molecular complexity index is 1020. The van der Waals surface area contributed by atoms with E-state index < -0.39 is 39.3 Å². The SMILES string of the molecule is COC(=O)N1[C@H](CO[C@H]2CC[C@@]3(c4ncc(F)cn4)C[C@H]3C2)[C@H](NS(=O)(=O)C2COC2)C[C@@H]1C. The van der Waals surface area contributed by atoms with Crippen molar-refractivity contribution in [3.05, 3.63) is 24.0 Å². The van der Waals surface area contributed by atoms with Crippen molar-refractivity contribution in [1.82, 2.24) is 19.6 Å². The summed E-state index contributed by atoms with van der Waals surface area (Å²) in [5, 5.41) is -0.563. The maximum Gasteiger partial charge on any atom is 0.410 e. The van der Waals surface area contributed by atoms with E-state index in [1.165, 1.54) is 19.5 Å². The number of sulfonamides is 1. The number of rotatable bonds is 7. The van der Waals surface area contributed by atoms with E-state index >= 15 is 0 Å². The van der Waals surface area contributed by atoms with E-state index in [0.717, 1.165) is 25.7 Å². The molecule has 6 atom stereocenters. The van der Waals surface area contributed by atoms with Gasteiger partial charge in [-0.25, -0.2) is 32.3 Å². The number of nitrogens with zero attached hydrogens (tertiary/aromatic N) is 3. The highest BCUT2D eigenvalue weighted by Gasteiger charge is 2.60. The molecule has 0 aromatic carbocycles. The minimum atomic E-state index is -3.56. The third-order valence-corrected chi connectivity index (χ3v) is 9.68. The summed E-state index contributed by atoms with van der Waals surface area (Å²) in [7, 11) is -2.24. The number of methoxy groups -OCH3 is 1. The Labute approximate surface area is 198 Å². The predicted octanol–water partition coefficient (Wildman–Crippen LogP) is 1.36. The van der Waals surface area contributed by atoms with Crippen LogP contribution in [0.5, 0.6) is 0 Å². The van der Waals surface area contributed by atoms with E-state index in [1.807, 2.05) is 6.92 Å². The van der Waals surface area contributed by atoms with Gasteiger partial charge in [0.15, 0.2) is 5.82 Å². The number of carbonyl (C=O) groups excluding carboxylic acids is 1. The third kappa shape index (κ3) is 4.29. The highest BCUT2D eigenvalue weighted by molar-refractivity contribution is 7.90. The maximum atomic E-state index is 13.2. The lowest BCUT2D eigenvalue weighted by Crippen LogP contribution is -2.54. The zero-order valence-corrected chi connectivity index (χ0v) is 20.2. The zero-order valence-electron chi connectivity index (χ0n) is 19.4. The van der Waals surface area contributed by atoms with Crippen LogP contribution >= 0.6 is 0 Å². The Kier molecular flexibility index (Phi) is 6.28. The van der Waals surface area contributed by atoms with Gasteiger partial charge < -0.3 is 14.2 Å². The second-order valence-electron chi connectivity index (χ2n) is 9.97. The second kappa shape index (κ2) is 8.96. The van der Waals surface area contributed by atoms with E-state index in [9.17, 15) is 17.6 Å². The fourth-order valence-electron chi connectivity index (χ4n) is 5.79. The molecule has 0 unspecified atom stereocenters. The van der Waals surface area contributed by atoms with Crippen molar-refractivity contribution in [3.63, 3.8) is 0 Å². The third-order valence-electron chi connectivity index (χ3n) is 7.90. The molecule has 5 rings (SSSR count). The summed E-state index contributed by atoms with van der Waals surface area (Å²) in [5.74, 6) is 0.641. The van der Waals surface area contributed by atoms with Gasteiger partial charge in [0, 0.05) is 17.5 Å². The van der Waals surface area contributed by atoms with Crippen LogP contribution in [0, 0.1) is 11.7 Å². The average molecular weight is 499 g/mol. The quantitative estimate of drug-likeness (QED) is 0.598. The number of aromatic nitrogens is 2. The number of ether oxygens (including phenoxy) is 3. The molecule has 1 aromatic heterocycles. The van der Waals surface area contributed by atoms with Gasteiger partial charge in [0.2, 0.25) is 10.0 Å². The van der Waals surface area contributed by atoms with E-state index in [0.29, 0.717) is 18.2 Å². The summed E-state index contributed by atoms with van der Waals surface area (Å²) in [5.41, 5.74) is -0.0868. The van der Waals surface area contributed by atoms with Crippen LogP contribution in [0.15, 0.2) is 12.4 Å². The van der Waals surface area contributed by atoms with Crippen LogP contribution in [0.1, 0.15) is 44.9 Å². The Morgan fingerprint density at radius 3 is 2.68 bits per heavy atom. The van der Waals surface area contributed by atoms with Crippen LogP contribution in [0.25, 0.3) is 0 Å². The topological polar surface area (TPSA) is 120 Å². The van der Waals surface area contributed by atoms with E-state index in [-0.39, 0.29) is 37.4 Å². The lowest BCUT2D eigenvalue weighted by atomic mass is 9.86. The lowest BCUT2D eigenvalue weighted by Gasteiger charge is -2.33. The molecule has 188 valence electrons. The molecular weight excluding hydrogens is 467 g/mol. The number of fused-ring (bicyclic) bond motifs is 1. The first-order valence-electron chi connectivity index (χ1n) is 11.8. The number of amides is 1. The monoisotopic (exact) mass is 498 g/mol. The van der Waals surface area contributed by atoms with E-state index in [4.69, 9.17) is 14.2 Å². The minimum Gasteiger partial charge on any atom is -0.453 e. The Hall–Kier alpha value is -1.89. The van der Waals surface area contributed by atoms with Crippen molar-refractivity contribution >= 4 is 16.1 Å². The van der Waals surface area contributed by atoms with Gasteiger partial charge in [0.1, 0.15) is 11.1 Å². The van der Waals surface area contributed by atoms with Gasteiger partial charge >= 0.3 is 6.09 Å². The number of nitrogens with one attached hydrogen (secondary N) is 1. The molecule has 4 fully saturated rings. The smallest absolute Gasteiger partial charge is 0.410 e. The highest BCUT2D eigenvalue weighted by atomic mass is 32.2. The molecule has 0 radical (unpaired) electrons. The predicted molar refractivity (Wildman–Crippen MR) is 118 cm³/mol. The molecule has 10 nitrogen and oxygen atoms in total. The molecule has 0 spiro atoms. The molecule has 0 bridgehead atoms. The number of likely N-dealkylation sites (tertiary alicyclic amines) is 1. The second-order valence-corrected chi connectivity index (χ2v) is 12.0.